The number of hydrogen-bond acceptors (Lipinski definition) is 7. The maximum atomic E-state index is 14.5. The second-order valence-corrected chi connectivity index (χ2v) is 11.4. The van der Waals surface area contributed by atoms with E-state index in [-0.39, 0.29) is 42.0 Å². The quantitative estimate of drug-likeness (QED) is 0.476. The Morgan fingerprint density at radius 3 is 2.62 bits per heavy atom. The lowest BCUT2D eigenvalue weighted by Crippen LogP contribution is -2.56. The predicted octanol–water partition coefficient (Wildman–Crippen LogP) is 2.43. The first-order valence-electron chi connectivity index (χ1n) is 11.8. The Balaban J connectivity index is 1.41. The summed E-state index contributed by atoms with van der Waals surface area (Å²) >= 11 is 0. The van der Waals surface area contributed by atoms with Gasteiger partial charge in [-0.25, -0.2) is 26.9 Å². The number of nitrogens with zero attached hydrogens (tertiary/aromatic N) is 3. The van der Waals surface area contributed by atoms with Gasteiger partial charge in [-0.15, -0.1) is 5.10 Å². The number of ether oxygens (including phenoxy) is 1. The molecule has 1 aromatic carbocycles. The Labute approximate surface area is 212 Å². The average Bonchev–Trinajstić information content (AvgIpc) is 3.19. The topological polar surface area (TPSA) is 114 Å². The van der Waals surface area contributed by atoms with Crippen LogP contribution in [0.15, 0.2) is 47.5 Å². The molecule has 3 aromatic rings. The van der Waals surface area contributed by atoms with Crippen LogP contribution in [0.1, 0.15) is 42.1 Å². The molecule has 2 atom stereocenters. The van der Waals surface area contributed by atoms with Crippen LogP contribution in [0, 0.1) is 23.5 Å². The number of nitrogens with one attached hydrogen (secondary N) is 1. The zero-order valence-electron chi connectivity index (χ0n) is 19.5. The molecule has 8 nitrogen and oxygen atoms in total. The van der Waals surface area contributed by atoms with Gasteiger partial charge in [0.1, 0.15) is 22.7 Å². The molecular formula is C26H22F2N4O4S. The molecule has 1 aliphatic heterocycles. The highest BCUT2D eigenvalue weighted by Crippen LogP contribution is 2.46. The second kappa shape index (κ2) is 8.63. The molecule has 3 heterocycles. The maximum absolute atomic E-state index is 14.5. The van der Waals surface area contributed by atoms with Crippen LogP contribution in [0.25, 0.3) is 11.3 Å². The monoisotopic (exact) mass is 524 g/mol. The van der Waals surface area contributed by atoms with Crippen molar-refractivity contribution in [2.75, 3.05) is 19.8 Å². The molecule has 1 saturated heterocycles. The van der Waals surface area contributed by atoms with Crippen molar-refractivity contribution in [2.24, 2.45) is 0 Å². The Hall–Kier alpha value is -3.30. The van der Waals surface area contributed by atoms with E-state index in [0.29, 0.717) is 29.8 Å². The zero-order valence-corrected chi connectivity index (χ0v) is 20.4. The van der Waals surface area contributed by atoms with Gasteiger partial charge in [-0.1, -0.05) is 24.0 Å². The van der Waals surface area contributed by atoms with Gasteiger partial charge in [-0.05, 0) is 55.2 Å². The molecule has 2 aromatic heterocycles. The van der Waals surface area contributed by atoms with E-state index in [4.69, 9.17) is 4.74 Å². The van der Waals surface area contributed by atoms with Gasteiger partial charge in [0.25, 0.3) is 10.0 Å². The molecular weight excluding hydrogens is 502 g/mol. The van der Waals surface area contributed by atoms with Crippen molar-refractivity contribution in [1.82, 2.24) is 19.9 Å². The fourth-order valence-corrected chi connectivity index (χ4v) is 6.14. The molecule has 2 N–H and O–H groups in total. The predicted molar refractivity (Wildman–Crippen MR) is 128 cm³/mol. The van der Waals surface area contributed by atoms with Crippen LogP contribution in [-0.2, 0) is 20.2 Å². The standard InChI is InChI=1S/C26H22F2N4O4S/c27-18-5-1-6-19(28)23(18)20-12-17-16-4-3-10-26(11-9-16,24(17)32-31-20)21-7-2-8-22(30-21)37(34,35)29-13-25(33)14-36-15-25/h1-2,5-8,12,16,29,33H,3-4,10,13-15H2/t16-,26+/m1/s1. The molecule has 0 amide bonds. The maximum Gasteiger partial charge on any atom is 0.258 e. The zero-order chi connectivity index (χ0) is 25.8. The van der Waals surface area contributed by atoms with Gasteiger partial charge in [0, 0.05) is 12.5 Å². The third-order valence-electron chi connectivity index (χ3n) is 7.10. The van der Waals surface area contributed by atoms with Gasteiger partial charge in [0.2, 0.25) is 0 Å². The van der Waals surface area contributed by atoms with E-state index >= 15 is 0 Å². The number of pyridine rings is 1. The molecule has 190 valence electrons. The van der Waals surface area contributed by atoms with Crippen molar-refractivity contribution < 1.29 is 27.0 Å². The molecule has 11 heteroatoms. The van der Waals surface area contributed by atoms with Crippen LogP contribution in [0.2, 0.25) is 0 Å². The molecule has 0 unspecified atom stereocenters. The van der Waals surface area contributed by atoms with E-state index in [9.17, 15) is 22.3 Å². The molecule has 2 bridgehead atoms. The number of aliphatic hydroxyl groups is 1. The number of hydrogen-bond donors (Lipinski definition) is 2. The molecule has 0 spiro atoms. The molecule has 0 saturated carbocycles. The van der Waals surface area contributed by atoms with Crippen molar-refractivity contribution >= 4 is 10.0 Å². The highest BCUT2D eigenvalue weighted by atomic mass is 32.2. The van der Waals surface area contributed by atoms with Crippen LogP contribution in [0.4, 0.5) is 8.78 Å². The normalized spacial score (nSPS) is 23.4. The second-order valence-electron chi connectivity index (χ2n) is 9.65. The first kappa shape index (κ1) is 24.1. The summed E-state index contributed by atoms with van der Waals surface area (Å²) in [5, 5.41) is 18.6. The molecule has 1 fully saturated rings. The van der Waals surface area contributed by atoms with Crippen LogP contribution < -0.4 is 4.72 Å². The van der Waals surface area contributed by atoms with Crippen molar-refractivity contribution in [1.29, 1.82) is 0 Å². The summed E-state index contributed by atoms with van der Waals surface area (Å²) in [7, 11) is -4.04. The van der Waals surface area contributed by atoms with E-state index < -0.39 is 32.7 Å². The number of benzene rings is 1. The first-order valence-corrected chi connectivity index (χ1v) is 13.3. The molecule has 7 rings (SSSR count). The summed E-state index contributed by atoms with van der Waals surface area (Å²) in [5.74, 6) is 4.85. The van der Waals surface area contributed by atoms with Crippen LogP contribution in [0.5, 0.6) is 0 Å². The molecule has 0 radical (unpaired) electrons. The van der Waals surface area contributed by atoms with Crippen molar-refractivity contribution in [3.8, 4) is 23.1 Å². The van der Waals surface area contributed by atoms with E-state index in [1.165, 1.54) is 24.3 Å². The van der Waals surface area contributed by atoms with Gasteiger partial charge >= 0.3 is 0 Å². The van der Waals surface area contributed by atoms with Crippen LogP contribution in [0.3, 0.4) is 0 Å². The van der Waals surface area contributed by atoms with Crippen molar-refractivity contribution in [2.45, 2.75) is 41.2 Å². The first-order chi connectivity index (χ1) is 17.7. The van der Waals surface area contributed by atoms with Gasteiger partial charge in [-0.2, -0.15) is 5.10 Å². The Kier molecular flexibility index (Phi) is 5.61. The summed E-state index contributed by atoms with van der Waals surface area (Å²) in [6.45, 7) is -0.0916. The lowest BCUT2D eigenvalue weighted by Gasteiger charge is -2.36. The van der Waals surface area contributed by atoms with E-state index in [1.807, 2.05) is 0 Å². The fourth-order valence-electron chi connectivity index (χ4n) is 5.05. The summed E-state index contributed by atoms with van der Waals surface area (Å²) in [4.78, 5) is 4.48. The third kappa shape index (κ3) is 4.01. The lowest BCUT2D eigenvalue weighted by atomic mass is 9.74. The Morgan fingerprint density at radius 2 is 1.89 bits per heavy atom. The number of halogens is 2. The summed E-state index contributed by atoms with van der Waals surface area (Å²) in [5.41, 5.74) is -0.809. The Bertz CT molecular complexity index is 1560. The molecule has 4 aliphatic rings. The van der Waals surface area contributed by atoms with E-state index in [0.717, 1.165) is 6.42 Å². The largest absolute Gasteiger partial charge is 0.384 e. The van der Waals surface area contributed by atoms with Gasteiger partial charge in [0.15, 0.2) is 5.03 Å². The molecule has 3 aliphatic carbocycles. The SMILES string of the molecule is O=S(=O)(NCC1(O)COC1)c1cccc([C@@]23C#C[C@@H](CCC2)c2cc(-c4c(F)cccc4F)nnc23)n1. The fraction of sp³-hybridized carbons (Fsp3) is 0.346. The Morgan fingerprint density at radius 1 is 1.14 bits per heavy atom. The van der Waals surface area contributed by atoms with Crippen molar-refractivity contribution in [3.63, 3.8) is 0 Å². The number of sulfonamides is 1. The summed E-state index contributed by atoms with van der Waals surface area (Å²) in [6.07, 6.45) is 1.99. The van der Waals surface area contributed by atoms with Gasteiger partial charge in [-0.3, -0.25) is 0 Å². The highest BCUT2D eigenvalue weighted by molar-refractivity contribution is 7.89. The minimum absolute atomic E-state index is 0.0527. The third-order valence-corrected chi connectivity index (χ3v) is 8.40. The molecule has 37 heavy (non-hydrogen) atoms. The van der Waals surface area contributed by atoms with E-state index in [1.54, 1.807) is 18.2 Å². The summed E-state index contributed by atoms with van der Waals surface area (Å²) in [6, 6.07) is 9.90. The minimum Gasteiger partial charge on any atom is -0.384 e. The highest BCUT2D eigenvalue weighted by Gasteiger charge is 2.44. The van der Waals surface area contributed by atoms with Gasteiger partial charge < -0.3 is 9.84 Å². The number of aromatic nitrogens is 3. The smallest absolute Gasteiger partial charge is 0.258 e. The van der Waals surface area contributed by atoms with Crippen LogP contribution >= 0.6 is 0 Å². The van der Waals surface area contributed by atoms with Crippen LogP contribution in [-0.4, -0.2) is 54.1 Å². The average molecular weight is 525 g/mol. The minimum atomic E-state index is -4.04. The van der Waals surface area contributed by atoms with Gasteiger partial charge in [0.05, 0.1) is 35.9 Å². The van der Waals surface area contributed by atoms with Crippen molar-refractivity contribution in [3.05, 3.63) is 71.1 Å². The summed E-state index contributed by atoms with van der Waals surface area (Å²) < 4.78 is 62.2. The van der Waals surface area contributed by atoms with E-state index in [2.05, 4.69) is 31.7 Å². The lowest BCUT2D eigenvalue weighted by molar-refractivity contribution is -0.172. The number of rotatable bonds is 6. The number of fused-ring (bicyclic) bond motifs is 2.